The van der Waals surface area contributed by atoms with Crippen molar-refractivity contribution in [2.75, 3.05) is 11.9 Å². The van der Waals surface area contributed by atoms with Crippen molar-refractivity contribution in [2.45, 2.75) is 6.42 Å². The van der Waals surface area contributed by atoms with E-state index in [2.05, 4.69) is 5.32 Å². The highest BCUT2D eigenvalue weighted by Crippen LogP contribution is 2.21. The van der Waals surface area contributed by atoms with Gasteiger partial charge in [0.2, 0.25) is 5.91 Å². The summed E-state index contributed by atoms with van der Waals surface area (Å²) >= 11 is 0. The van der Waals surface area contributed by atoms with Crippen LogP contribution in [0.25, 0.3) is 0 Å². The predicted molar refractivity (Wildman–Crippen MR) is 83.8 cm³/mol. The summed E-state index contributed by atoms with van der Waals surface area (Å²) in [5.74, 6) is -3.29. The van der Waals surface area contributed by atoms with Crippen molar-refractivity contribution in [2.24, 2.45) is 11.8 Å². The van der Waals surface area contributed by atoms with Gasteiger partial charge >= 0.3 is 5.97 Å². The summed E-state index contributed by atoms with van der Waals surface area (Å²) in [7, 11) is 0. The Morgan fingerprint density at radius 1 is 1.26 bits per heavy atom. The van der Waals surface area contributed by atoms with Crippen molar-refractivity contribution in [1.82, 2.24) is 0 Å². The van der Waals surface area contributed by atoms with Crippen LogP contribution in [0.5, 0.6) is 0 Å². The monoisotopic (exact) mass is 315 g/mol. The van der Waals surface area contributed by atoms with E-state index in [-0.39, 0.29) is 12.2 Å². The zero-order valence-corrected chi connectivity index (χ0v) is 12.3. The van der Waals surface area contributed by atoms with Crippen molar-refractivity contribution >= 4 is 23.3 Å². The van der Waals surface area contributed by atoms with E-state index in [0.717, 1.165) is 0 Å². The summed E-state index contributed by atoms with van der Waals surface area (Å²) in [4.78, 5) is 34.9. The maximum absolute atomic E-state index is 12.3. The maximum atomic E-state index is 12.3. The van der Waals surface area contributed by atoms with Gasteiger partial charge < -0.3 is 15.5 Å². The molecule has 6 nitrogen and oxygen atoms in total. The molecule has 1 aliphatic rings. The number of hydrogen-bond acceptors (Lipinski definition) is 4. The van der Waals surface area contributed by atoms with E-state index < -0.39 is 30.3 Å². The number of carbonyl (C=O) groups is 3. The minimum absolute atomic E-state index is 0.151. The number of aliphatic hydroxyl groups excluding tert-OH is 1. The Labute approximate surface area is 133 Å². The highest BCUT2D eigenvalue weighted by atomic mass is 16.4. The Bertz CT molecular complexity index is 677. The third-order valence-corrected chi connectivity index (χ3v) is 3.54. The van der Waals surface area contributed by atoms with Gasteiger partial charge in [-0.1, -0.05) is 30.4 Å². The number of ketones is 1. The number of carboxylic acid groups (broad SMARTS) is 1. The van der Waals surface area contributed by atoms with Gasteiger partial charge in [0.05, 0.1) is 24.9 Å². The van der Waals surface area contributed by atoms with Gasteiger partial charge in [0.15, 0.2) is 5.78 Å². The van der Waals surface area contributed by atoms with E-state index in [1.165, 1.54) is 6.08 Å². The molecule has 0 heterocycles. The minimum Gasteiger partial charge on any atom is -0.481 e. The van der Waals surface area contributed by atoms with E-state index in [1.807, 2.05) is 0 Å². The number of carbonyl (C=O) groups excluding carboxylic acids is 2. The first-order chi connectivity index (χ1) is 11.0. The second-order valence-electron chi connectivity index (χ2n) is 5.22. The Hall–Kier alpha value is -2.73. The van der Waals surface area contributed by atoms with Crippen molar-refractivity contribution in [3.63, 3.8) is 0 Å². The van der Waals surface area contributed by atoms with Crippen LogP contribution < -0.4 is 5.32 Å². The highest BCUT2D eigenvalue weighted by molar-refractivity contribution is 6.01. The number of nitrogens with one attached hydrogen (secondary N) is 1. The lowest BCUT2D eigenvalue weighted by Crippen LogP contribution is -2.35. The molecule has 0 saturated carbocycles. The van der Waals surface area contributed by atoms with E-state index in [9.17, 15) is 19.5 Å². The molecule has 0 radical (unpaired) electrons. The molecule has 6 heteroatoms. The molecule has 2 rings (SSSR count). The van der Waals surface area contributed by atoms with Crippen LogP contribution in [0.3, 0.4) is 0 Å². The fraction of sp³-hybridized carbons (Fsp3) is 0.235. The third-order valence-electron chi connectivity index (χ3n) is 3.54. The number of hydrogen-bond donors (Lipinski definition) is 3. The zero-order valence-electron chi connectivity index (χ0n) is 12.3. The lowest BCUT2D eigenvalue weighted by Gasteiger charge is -2.21. The number of carboxylic acids is 1. The molecular weight excluding hydrogens is 298 g/mol. The smallest absolute Gasteiger partial charge is 0.307 e. The van der Waals surface area contributed by atoms with Crippen LogP contribution in [0.15, 0.2) is 48.6 Å². The molecule has 1 aliphatic carbocycles. The number of amides is 1. The zero-order chi connectivity index (χ0) is 16.8. The molecule has 0 aromatic heterocycles. The quantitative estimate of drug-likeness (QED) is 0.731. The van der Waals surface area contributed by atoms with Crippen LogP contribution in [0.1, 0.15) is 5.56 Å². The normalized spacial score (nSPS) is 17.8. The minimum atomic E-state index is -0.966. The van der Waals surface area contributed by atoms with Crippen LogP contribution in [-0.2, 0) is 20.8 Å². The topological polar surface area (TPSA) is 104 Å². The predicted octanol–water partition coefficient (Wildman–Crippen LogP) is 1.17. The van der Waals surface area contributed by atoms with Gasteiger partial charge in [-0.05, 0) is 23.8 Å². The van der Waals surface area contributed by atoms with Crippen molar-refractivity contribution in [1.29, 1.82) is 0 Å². The lowest BCUT2D eigenvalue weighted by atomic mass is 9.85. The first-order valence-electron chi connectivity index (χ1n) is 7.12. The summed E-state index contributed by atoms with van der Waals surface area (Å²) in [5.41, 5.74) is 0.974. The molecule has 0 fully saturated rings. The summed E-state index contributed by atoms with van der Waals surface area (Å²) < 4.78 is 0. The Morgan fingerprint density at radius 2 is 2.04 bits per heavy atom. The maximum Gasteiger partial charge on any atom is 0.307 e. The van der Waals surface area contributed by atoms with Gasteiger partial charge in [0.25, 0.3) is 0 Å². The lowest BCUT2D eigenvalue weighted by molar-refractivity contribution is -0.136. The average Bonchev–Trinajstić information content (AvgIpc) is 2.49. The first-order valence-corrected chi connectivity index (χ1v) is 7.12. The number of aliphatic hydroxyl groups is 1. The molecular formula is C17H17NO5. The third kappa shape index (κ3) is 4.37. The van der Waals surface area contributed by atoms with E-state index >= 15 is 0 Å². The largest absolute Gasteiger partial charge is 0.481 e. The Kier molecular flexibility index (Phi) is 5.43. The summed E-state index contributed by atoms with van der Waals surface area (Å²) in [6.45, 7) is -0.463. The van der Waals surface area contributed by atoms with Crippen LogP contribution in [-0.4, -0.2) is 34.5 Å². The van der Waals surface area contributed by atoms with Gasteiger partial charge in [-0.2, -0.15) is 0 Å². The van der Waals surface area contributed by atoms with E-state index in [0.29, 0.717) is 11.3 Å². The SMILES string of the molecule is O=C(O)Cc1cccc(NC(=O)C(CO)C2C=CC=CC2=O)c1. The molecule has 0 saturated heterocycles. The van der Waals surface area contributed by atoms with Gasteiger partial charge in [0, 0.05) is 5.69 Å². The standard InChI is InChI=1S/C17H17NO5/c19-10-14(13-6-1-2-7-15(13)20)17(23)18-12-5-3-4-11(8-12)9-16(21)22/h1-8,13-14,19H,9-10H2,(H,18,23)(H,21,22). The van der Waals surface area contributed by atoms with Crippen molar-refractivity contribution < 1.29 is 24.6 Å². The molecule has 2 atom stereocenters. The van der Waals surface area contributed by atoms with E-state index in [4.69, 9.17) is 5.11 Å². The summed E-state index contributed by atoms with van der Waals surface area (Å²) in [6.07, 6.45) is 6.05. The van der Waals surface area contributed by atoms with Gasteiger partial charge in [-0.25, -0.2) is 0 Å². The Balaban J connectivity index is 2.10. The van der Waals surface area contributed by atoms with Crippen LogP contribution >= 0.6 is 0 Å². The van der Waals surface area contributed by atoms with Crippen molar-refractivity contribution in [3.05, 3.63) is 54.1 Å². The Morgan fingerprint density at radius 3 is 2.70 bits per heavy atom. The first kappa shape index (κ1) is 16.6. The van der Waals surface area contributed by atoms with Gasteiger partial charge in [0.1, 0.15) is 0 Å². The molecule has 3 N–H and O–H groups in total. The molecule has 0 aliphatic heterocycles. The highest BCUT2D eigenvalue weighted by Gasteiger charge is 2.31. The summed E-state index contributed by atoms with van der Waals surface area (Å²) in [6, 6.07) is 6.46. The number of anilines is 1. The molecule has 1 aromatic carbocycles. The number of allylic oxidation sites excluding steroid dienone is 4. The van der Waals surface area contributed by atoms with Crippen LogP contribution in [0, 0.1) is 11.8 Å². The van der Waals surface area contributed by atoms with Crippen molar-refractivity contribution in [3.8, 4) is 0 Å². The molecule has 0 bridgehead atoms. The average molecular weight is 315 g/mol. The molecule has 23 heavy (non-hydrogen) atoms. The second kappa shape index (κ2) is 7.51. The van der Waals surface area contributed by atoms with Crippen LogP contribution in [0.4, 0.5) is 5.69 Å². The second-order valence-corrected chi connectivity index (χ2v) is 5.22. The molecule has 120 valence electrons. The van der Waals surface area contributed by atoms with Gasteiger partial charge in [-0.3, -0.25) is 14.4 Å². The fourth-order valence-electron chi connectivity index (χ4n) is 2.40. The number of aliphatic carboxylic acids is 1. The fourth-order valence-corrected chi connectivity index (χ4v) is 2.40. The summed E-state index contributed by atoms with van der Waals surface area (Å²) in [5, 5.41) is 20.9. The van der Waals surface area contributed by atoms with E-state index in [1.54, 1.807) is 42.5 Å². The number of rotatable bonds is 6. The molecule has 2 unspecified atom stereocenters. The van der Waals surface area contributed by atoms with Crippen LogP contribution in [0.2, 0.25) is 0 Å². The van der Waals surface area contributed by atoms with Gasteiger partial charge in [-0.15, -0.1) is 0 Å². The molecule has 1 amide bonds. The molecule has 1 aromatic rings. The number of benzene rings is 1. The molecule has 0 spiro atoms.